The quantitative estimate of drug-likeness (QED) is 0.612. The summed E-state index contributed by atoms with van der Waals surface area (Å²) in [6.07, 6.45) is -4.83. The van der Waals surface area contributed by atoms with E-state index in [9.17, 15) is 23.1 Å². The number of hydrogen-bond donors (Lipinski definition) is 1. The van der Waals surface area contributed by atoms with Crippen LogP contribution in [-0.4, -0.2) is 21.4 Å². The molecule has 0 saturated heterocycles. The lowest BCUT2D eigenvalue weighted by molar-refractivity contribution is -0.256. The van der Waals surface area contributed by atoms with Crippen molar-refractivity contribution in [2.75, 3.05) is 0 Å². The zero-order valence-electron chi connectivity index (χ0n) is 5.34. The van der Waals surface area contributed by atoms with E-state index in [1.54, 1.807) is 5.21 Å². The van der Waals surface area contributed by atoms with E-state index in [2.05, 4.69) is 10.2 Å². The number of alkyl halides is 3. The summed E-state index contributed by atoms with van der Waals surface area (Å²) < 4.78 is 35.5. The largest absolute Gasteiger partial charge is 0.543 e. The van der Waals surface area contributed by atoms with Crippen LogP contribution in [-0.2, 0) is 6.18 Å². The Labute approximate surface area is 63.2 Å². The lowest BCUT2D eigenvalue weighted by atomic mass is 10.3. The van der Waals surface area contributed by atoms with E-state index >= 15 is 0 Å². The van der Waals surface area contributed by atoms with Gasteiger partial charge in [-0.3, -0.25) is 0 Å². The summed E-state index contributed by atoms with van der Waals surface area (Å²) >= 11 is 0. The SMILES string of the molecule is O=C([O-])c1n[nH]nc1C(F)(F)F. The molecule has 0 bridgehead atoms. The van der Waals surface area contributed by atoms with E-state index in [0.29, 0.717) is 0 Å². The molecule has 1 rings (SSSR count). The number of aromatic nitrogens is 3. The molecule has 1 N–H and O–H groups in total. The molecule has 0 aliphatic rings. The zero-order chi connectivity index (χ0) is 9.35. The smallest absolute Gasteiger partial charge is 0.437 e. The second-order valence-corrected chi connectivity index (χ2v) is 1.81. The van der Waals surface area contributed by atoms with Crippen LogP contribution in [0.5, 0.6) is 0 Å². The lowest BCUT2D eigenvalue weighted by Crippen LogP contribution is -2.26. The fourth-order valence-corrected chi connectivity index (χ4v) is 0.571. The Morgan fingerprint density at radius 2 is 2.00 bits per heavy atom. The molecule has 1 aromatic heterocycles. The molecule has 12 heavy (non-hydrogen) atoms. The zero-order valence-corrected chi connectivity index (χ0v) is 5.34. The number of rotatable bonds is 1. The number of carboxylic acids is 1. The number of hydrogen-bond acceptors (Lipinski definition) is 4. The van der Waals surface area contributed by atoms with Gasteiger partial charge >= 0.3 is 6.18 Å². The van der Waals surface area contributed by atoms with Crippen molar-refractivity contribution in [3.8, 4) is 0 Å². The molecule has 0 aromatic carbocycles. The number of halogens is 3. The third-order valence-electron chi connectivity index (χ3n) is 1.01. The predicted octanol–water partition coefficient (Wildman–Crippen LogP) is -0.813. The number of H-pyrrole nitrogens is 1. The molecule has 0 aliphatic carbocycles. The number of nitrogens with one attached hydrogen (secondary N) is 1. The van der Waals surface area contributed by atoms with Crippen molar-refractivity contribution in [1.82, 2.24) is 15.4 Å². The maximum atomic E-state index is 11.8. The van der Waals surface area contributed by atoms with E-state index in [0.717, 1.165) is 0 Å². The minimum atomic E-state index is -4.83. The maximum Gasteiger partial charge on any atom is 0.437 e. The molecule has 66 valence electrons. The van der Waals surface area contributed by atoms with Gasteiger partial charge in [0.05, 0.1) is 5.97 Å². The molecule has 0 unspecified atom stereocenters. The normalized spacial score (nSPS) is 11.6. The van der Waals surface area contributed by atoms with Crippen LogP contribution in [0.4, 0.5) is 13.2 Å². The van der Waals surface area contributed by atoms with Crippen LogP contribution >= 0.6 is 0 Å². The summed E-state index contributed by atoms with van der Waals surface area (Å²) in [5.41, 5.74) is -2.81. The molecule has 1 aromatic rings. The van der Waals surface area contributed by atoms with Gasteiger partial charge in [-0.2, -0.15) is 28.6 Å². The number of aromatic carboxylic acids is 1. The predicted molar refractivity (Wildman–Crippen MR) is 25.7 cm³/mol. The first-order valence-corrected chi connectivity index (χ1v) is 2.62. The molecule has 0 radical (unpaired) electrons. The van der Waals surface area contributed by atoms with Crippen LogP contribution in [0.15, 0.2) is 0 Å². The van der Waals surface area contributed by atoms with Gasteiger partial charge in [-0.15, -0.1) is 0 Å². The molecule has 0 spiro atoms. The first-order chi connectivity index (χ1) is 5.43. The number of carboxylic acid groups (broad SMARTS) is 1. The molecular weight excluding hydrogens is 179 g/mol. The average Bonchev–Trinajstić information content (AvgIpc) is 2.30. The van der Waals surface area contributed by atoms with Crippen molar-refractivity contribution < 1.29 is 23.1 Å². The number of carbonyl (C=O) groups is 1. The van der Waals surface area contributed by atoms with E-state index in [-0.39, 0.29) is 0 Å². The van der Waals surface area contributed by atoms with Crippen LogP contribution in [0.25, 0.3) is 0 Å². The Morgan fingerprint density at radius 3 is 2.33 bits per heavy atom. The van der Waals surface area contributed by atoms with Crippen LogP contribution < -0.4 is 5.11 Å². The Hall–Kier alpha value is -1.60. The Morgan fingerprint density at radius 1 is 1.42 bits per heavy atom. The highest BCUT2D eigenvalue weighted by atomic mass is 19.4. The minimum absolute atomic E-state index is 1.23. The molecule has 0 amide bonds. The van der Waals surface area contributed by atoms with E-state index in [4.69, 9.17) is 0 Å². The molecule has 0 fully saturated rings. The van der Waals surface area contributed by atoms with Gasteiger partial charge in [0.25, 0.3) is 0 Å². The Balaban J connectivity index is 3.17. The summed E-state index contributed by atoms with van der Waals surface area (Å²) in [6.45, 7) is 0. The summed E-state index contributed by atoms with van der Waals surface area (Å²) in [5.74, 6) is -2.02. The number of nitrogens with zero attached hydrogens (tertiary/aromatic N) is 2. The second kappa shape index (κ2) is 2.47. The van der Waals surface area contributed by atoms with Crippen molar-refractivity contribution in [3.63, 3.8) is 0 Å². The van der Waals surface area contributed by atoms with Crippen molar-refractivity contribution in [1.29, 1.82) is 0 Å². The van der Waals surface area contributed by atoms with E-state index < -0.39 is 23.5 Å². The highest BCUT2D eigenvalue weighted by Crippen LogP contribution is 2.28. The fraction of sp³-hybridized carbons (Fsp3) is 0.250. The first kappa shape index (κ1) is 8.50. The molecule has 5 nitrogen and oxygen atoms in total. The molecule has 0 saturated carbocycles. The third kappa shape index (κ3) is 1.36. The van der Waals surface area contributed by atoms with Crippen molar-refractivity contribution >= 4 is 5.97 Å². The summed E-state index contributed by atoms with van der Waals surface area (Å²) in [6, 6.07) is 0. The van der Waals surface area contributed by atoms with Crippen LogP contribution in [0.1, 0.15) is 16.2 Å². The van der Waals surface area contributed by atoms with Gasteiger partial charge in [0.15, 0.2) is 5.69 Å². The fourth-order valence-electron chi connectivity index (χ4n) is 0.571. The van der Waals surface area contributed by atoms with E-state index in [1.165, 1.54) is 0 Å². The van der Waals surface area contributed by atoms with E-state index in [1.807, 2.05) is 0 Å². The summed E-state index contributed by atoms with van der Waals surface area (Å²) in [4.78, 5) is 10.00. The lowest BCUT2D eigenvalue weighted by Gasteiger charge is -2.03. The van der Waals surface area contributed by atoms with Crippen LogP contribution in [0.3, 0.4) is 0 Å². The highest BCUT2D eigenvalue weighted by Gasteiger charge is 2.37. The third-order valence-corrected chi connectivity index (χ3v) is 1.01. The van der Waals surface area contributed by atoms with Crippen LogP contribution in [0.2, 0.25) is 0 Å². The molecule has 0 atom stereocenters. The van der Waals surface area contributed by atoms with Crippen molar-refractivity contribution in [2.45, 2.75) is 6.18 Å². The molecule has 0 aliphatic heterocycles. The highest BCUT2D eigenvalue weighted by molar-refractivity contribution is 5.84. The maximum absolute atomic E-state index is 11.8. The monoisotopic (exact) mass is 180 g/mol. The standard InChI is InChI=1S/C4H2F3N3O2/c5-4(6,7)2-1(3(11)12)8-10-9-2/h(H,11,12)(H,8,9,10)/p-1. The molecule has 1 heterocycles. The van der Waals surface area contributed by atoms with Gasteiger partial charge in [0, 0.05) is 0 Å². The van der Waals surface area contributed by atoms with Crippen molar-refractivity contribution in [3.05, 3.63) is 11.4 Å². The minimum Gasteiger partial charge on any atom is -0.543 e. The average molecular weight is 180 g/mol. The van der Waals surface area contributed by atoms with Crippen molar-refractivity contribution in [2.24, 2.45) is 0 Å². The van der Waals surface area contributed by atoms with Gasteiger partial charge < -0.3 is 9.90 Å². The Bertz CT molecular complexity index is 305. The van der Waals surface area contributed by atoms with Gasteiger partial charge in [-0.05, 0) is 0 Å². The number of aromatic amines is 1. The molecular formula is C4HF3N3O2-. The molecule has 8 heteroatoms. The summed E-state index contributed by atoms with van der Waals surface area (Å²) in [5, 5.41) is 16.9. The van der Waals surface area contributed by atoms with Gasteiger partial charge in [-0.25, -0.2) is 0 Å². The summed E-state index contributed by atoms with van der Waals surface area (Å²) in [7, 11) is 0. The first-order valence-electron chi connectivity index (χ1n) is 2.62. The van der Waals surface area contributed by atoms with Gasteiger partial charge in [0.1, 0.15) is 5.69 Å². The van der Waals surface area contributed by atoms with Gasteiger partial charge in [-0.1, -0.05) is 0 Å². The Kier molecular flexibility index (Phi) is 1.75. The topological polar surface area (TPSA) is 81.7 Å². The van der Waals surface area contributed by atoms with Gasteiger partial charge in [0.2, 0.25) is 0 Å². The second-order valence-electron chi connectivity index (χ2n) is 1.81. The number of carbonyl (C=O) groups excluding carboxylic acids is 1. The van der Waals surface area contributed by atoms with Crippen LogP contribution in [0, 0.1) is 0 Å².